The van der Waals surface area contributed by atoms with Crippen LogP contribution < -0.4 is 5.56 Å². The maximum atomic E-state index is 13.2. The zero-order valence-electron chi connectivity index (χ0n) is 18.2. The lowest BCUT2D eigenvalue weighted by Gasteiger charge is -2.32. The van der Waals surface area contributed by atoms with Gasteiger partial charge in [-0.1, -0.05) is 35.0 Å². The molecule has 0 spiro atoms. The second-order valence-corrected chi connectivity index (χ2v) is 8.45. The Morgan fingerprint density at radius 2 is 1.91 bits per heavy atom. The predicted octanol–water partition coefficient (Wildman–Crippen LogP) is 3.03. The third-order valence-electron chi connectivity index (χ3n) is 6.03. The summed E-state index contributed by atoms with van der Waals surface area (Å²) in [7, 11) is 0. The van der Waals surface area contributed by atoms with Crippen molar-refractivity contribution in [1.29, 1.82) is 0 Å². The number of nitrogens with zero attached hydrogens (tertiary/aromatic N) is 5. The summed E-state index contributed by atoms with van der Waals surface area (Å²) in [5, 5.41) is 8.16. The maximum Gasteiger partial charge on any atom is 0.281 e. The number of rotatable bonds is 4. The van der Waals surface area contributed by atoms with Gasteiger partial charge in [0, 0.05) is 24.6 Å². The largest absolute Gasteiger partial charge is 0.338 e. The van der Waals surface area contributed by atoms with Gasteiger partial charge in [0.25, 0.3) is 11.5 Å². The number of carbonyl (C=O) groups excluding carboxylic acids is 1. The molecule has 1 saturated heterocycles. The lowest BCUT2D eigenvalue weighted by molar-refractivity contribution is 0.0704. The monoisotopic (exact) mass is 446 g/mol. The average Bonchev–Trinajstić information content (AvgIpc) is 3.24. The highest BCUT2D eigenvalue weighted by molar-refractivity contribution is 5.94. The van der Waals surface area contributed by atoms with Crippen LogP contribution in [0.1, 0.15) is 46.1 Å². The summed E-state index contributed by atoms with van der Waals surface area (Å²) in [5.74, 6) is -0.136. The highest BCUT2D eigenvalue weighted by Gasteiger charge is 2.28. The van der Waals surface area contributed by atoms with Gasteiger partial charge in [-0.05, 0) is 49.6 Å². The number of fused-ring (bicyclic) bond motifs is 1. The van der Waals surface area contributed by atoms with Crippen molar-refractivity contribution in [2.45, 2.75) is 32.2 Å². The second kappa shape index (κ2) is 8.57. The molecule has 2 aromatic carbocycles. The molecule has 168 valence electrons. The van der Waals surface area contributed by atoms with Crippen molar-refractivity contribution in [1.82, 2.24) is 29.9 Å². The first-order valence-corrected chi connectivity index (χ1v) is 10.9. The normalized spacial score (nSPS) is 16.3. The van der Waals surface area contributed by atoms with Crippen molar-refractivity contribution in [2.75, 3.05) is 13.1 Å². The Labute approximate surface area is 189 Å². The number of hydrogen-bond acceptors (Lipinski definition) is 5. The van der Waals surface area contributed by atoms with E-state index in [9.17, 15) is 14.0 Å². The van der Waals surface area contributed by atoms with Gasteiger partial charge in [0.15, 0.2) is 11.2 Å². The van der Waals surface area contributed by atoms with Gasteiger partial charge in [-0.15, -0.1) is 5.10 Å². The van der Waals surface area contributed by atoms with E-state index in [1.807, 2.05) is 31.2 Å². The van der Waals surface area contributed by atoms with E-state index in [1.165, 1.54) is 24.3 Å². The predicted molar refractivity (Wildman–Crippen MR) is 121 cm³/mol. The number of aromatic nitrogens is 5. The van der Waals surface area contributed by atoms with Crippen molar-refractivity contribution in [2.24, 2.45) is 0 Å². The van der Waals surface area contributed by atoms with Gasteiger partial charge in [-0.25, -0.2) is 14.1 Å². The molecule has 1 atom stereocenters. The molecule has 1 N–H and O–H groups in total. The van der Waals surface area contributed by atoms with Crippen LogP contribution in [0, 0.1) is 12.7 Å². The van der Waals surface area contributed by atoms with Crippen LogP contribution in [0.3, 0.4) is 0 Å². The molecule has 0 unspecified atom stereocenters. The molecule has 4 aromatic rings. The zero-order valence-corrected chi connectivity index (χ0v) is 18.2. The van der Waals surface area contributed by atoms with Gasteiger partial charge in [0.05, 0.1) is 6.54 Å². The molecule has 1 aliphatic rings. The summed E-state index contributed by atoms with van der Waals surface area (Å²) < 4.78 is 14.9. The molecule has 0 bridgehead atoms. The molecule has 0 radical (unpaired) electrons. The van der Waals surface area contributed by atoms with Crippen LogP contribution in [0.5, 0.6) is 0 Å². The SMILES string of the molecule is Cc1ccc(Cn2nnc3c(=O)[nH]c([C@H]4CCCN(C(=O)c5ccc(F)cc5)C4)nc32)cc1. The van der Waals surface area contributed by atoms with Gasteiger partial charge in [-0.2, -0.15) is 0 Å². The number of aryl methyl sites for hydroxylation is 1. The van der Waals surface area contributed by atoms with E-state index in [1.54, 1.807) is 9.58 Å². The average molecular weight is 446 g/mol. The molecule has 2 aromatic heterocycles. The number of amides is 1. The number of carbonyl (C=O) groups is 1. The molecule has 0 saturated carbocycles. The first-order chi connectivity index (χ1) is 16.0. The molecular weight excluding hydrogens is 423 g/mol. The minimum atomic E-state index is -0.381. The third kappa shape index (κ3) is 4.26. The molecule has 1 amide bonds. The van der Waals surface area contributed by atoms with Crippen molar-refractivity contribution < 1.29 is 9.18 Å². The topological polar surface area (TPSA) is 96.8 Å². The maximum absolute atomic E-state index is 13.2. The molecule has 1 fully saturated rings. The number of nitrogens with one attached hydrogen (secondary N) is 1. The van der Waals surface area contributed by atoms with Gasteiger partial charge < -0.3 is 9.88 Å². The lowest BCUT2D eigenvalue weighted by atomic mass is 9.96. The zero-order chi connectivity index (χ0) is 22.9. The quantitative estimate of drug-likeness (QED) is 0.520. The summed E-state index contributed by atoms with van der Waals surface area (Å²) in [6, 6.07) is 13.6. The molecule has 9 heteroatoms. The number of H-pyrrole nitrogens is 1. The first kappa shape index (κ1) is 21.0. The third-order valence-corrected chi connectivity index (χ3v) is 6.03. The van der Waals surface area contributed by atoms with Gasteiger partial charge in [0.1, 0.15) is 11.6 Å². The highest BCUT2D eigenvalue weighted by Crippen LogP contribution is 2.26. The summed E-state index contributed by atoms with van der Waals surface area (Å²) in [6.07, 6.45) is 1.57. The Morgan fingerprint density at radius 1 is 1.15 bits per heavy atom. The fourth-order valence-electron chi connectivity index (χ4n) is 4.21. The van der Waals surface area contributed by atoms with Crippen LogP contribution in [0.25, 0.3) is 11.2 Å². The fourth-order valence-corrected chi connectivity index (χ4v) is 4.21. The van der Waals surface area contributed by atoms with E-state index in [-0.39, 0.29) is 28.7 Å². The Balaban J connectivity index is 1.41. The first-order valence-electron chi connectivity index (χ1n) is 10.9. The van der Waals surface area contributed by atoms with Crippen LogP contribution in [0.4, 0.5) is 4.39 Å². The van der Waals surface area contributed by atoms with Crippen LogP contribution in [0.15, 0.2) is 53.3 Å². The summed E-state index contributed by atoms with van der Waals surface area (Å²) >= 11 is 0. The van der Waals surface area contributed by atoms with E-state index in [0.717, 1.165) is 24.0 Å². The van der Waals surface area contributed by atoms with Crippen molar-refractivity contribution >= 4 is 17.1 Å². The van der Waals surface area contributed by atoms with Gasteiger partial charge >= 0.3 is 0 Å². The number of likely N-dealkylation sites (tertiary alicyclic amines) is 1. The minimum Gasteiger partial charge on any atom is -0.338 e. The summed E-state index contributed by atoms with van der Waals surface area (Å²) in [4.78, 5) is 34.9. The van der Waals surface area contributed by atoms with Crippen LogP contribution in [-0.2, 0) is 6.54 Å². The standard InChI is InChI=1S/C24H23FN6O2/c1-15-4-6-16(7-5-15)13-31-22-20(28-29-31)23(32)27-21(26-22)18-3-2-12-30(14-18)24(33)17-8-10-19(25)11-9-17/h4-11,18H,2-3,12-14H2,1H3,(H,26,27,32)/t18-/m0/s1. The van der Waals surface area contributed by atoms with E-state index < -0.39 is 0 Å². The summed E-state index contributed by atoms with van der Waals surface area (Å²) in [5.41, 5.74) is 2.92. The minimum absolute atomic E-state index is 0.122. The van der Waals surface area contributed by atoms with Crippen LogP contribution in [-0.4, -0.2) is 48.9 Å². The van der Waals surface area contributed by atoms with Crippen molar-refractivity contribution in [3.05, 3.63) is 87.2 Å². The number of halogens is 1. The van der Waals surface area contributed by atoms with Crippen molar-refractivity contribution in [3.8, 4) is 0 Å². The smallest absolute Gasteiger partial charge is 0.281 e. The number of piperidine rings is 1. The fraction of sp³-hybridized carbons (Fsp3) is 0.292. The second-order valence-electron chi connectivity index (χ2n) is 8.45. The highest BCUT2D eigenvalue weighted by atomic mass is 19.1. The number of aromatic amines is 1. The molecule has 0 aliphatic carbocycles. The van der Waals surface area contributed by atoms with Crippen LogP contribution >= 0.6 is 0 Å². The van der Waals surface area contributed by atoms with E-state index in [2.05, 4.69) is 15.3 Å². The Hall–Kier alpha value is -3.88. The van der Waals surface area contributed by atoms with Crippen molar-refractivity contribution in [3.63, 3.8) is 0 Å². The Kier molecular flexibility index (Phi) is 5.45. The lowest BCUT2D eigenvalue weighted by Crippen LogP contribution is -2.40. The molecule has 33 heavy (non-hydrogen) atoms. The summed E-state index contributed by atoms with van der Waals surface area (Å²) in [6.45, 7) is 3.50. The van der Waals surface area contributed by atoms with E-state index in [4.69, 9.17) is 4.98 Å². The number of hydrogen-bond donors (Lipinski definition) is 1. The Morgan fingerprint density at radius 3 is 2.67 bits per heavy atom. The van der Waals surface area contributed by atoms with Crippen LogP contribution in [0.2, 0.25) is 0 Å². The van der Waals surface area contributed by atoms with Gasteiger partial charge in [-0.3, -0.25) is 9.59 Å². The molecule has 1 aliphatic heterocycles. The molecule has 8 nitrogen and oxygen atoms in total. The van der Waals surface area contributed by atoms with E-state index >= 15 is 0 Å². The van der Waals surface area contributed by atoms with Gasteiger partial charge in [0.2, 0.25) is 0 Å². The number of benzene rings is 2. The Bertz CT molecular complexity index is 1360. The molecular formula is C24H23FN6O2. The molecule has 3 heterocycles. The molecule has 5 rings (SSSR count). The van der Waals surface area contributed by atoms with E-state index in [0.29, 0.717) is 36.7 Å².